The van der Waals surface area contributed by atoms with E-state index in [-0.39, 0.29) is 12.4 Å². The fourth-order valence-electron chi connectivity index (χ4n) is 2.64. The molecule has 0 aliphatic rings. The van der Waals surface area contributed by atoms with Crippen LogP contribution in [0.4, 0.5) is 13.2 Å². The molecule has 0 aliphatic carbocycles. The molecule has 9 heteroatoms. The van der Waals surface area contributed by atoms with Crippen molar-refractivity contribution in [2.45, 2.75) is 6.18 Å². The van der Waals surface area contributed by atoms with Crippen molar-refractivity contribution in [2.75, 3.05) is 27.3 Å². The van der Waals surface area contributed by atoms with E-state index in [0.29, 0.717) is 41.6 Å². The first kappa shape index (κ1) is 22.6. The molecule has 2 aromatic carbocycles. The minimum Gasteiger partial charge on any atom is -0.497 e. The average molecular weight is 428 g/mol. The quantitative estimate of drug-likeness (QED) is 0.560. The molecule has 0 saturated carbocycles. The van der Waals surface area contributed by atoms with Gasteiger partial charge in [0, 0.05) is 12.1 Å². The van der Waals surface area contributed by atoms with Gasteiger partial charge < -0.3 is 14.8 Å². The molecule has 0 atom stereocenters. The Morgan fingerprint density at radius 1 is 1.00 bits per heavy atom. The molecule has 1 aromatic heterocycles. The van der Waals surface area contributed by atoms with E-state index in [1.54, 1.807) is 48.5 Å². The first-order valence-corrected chi connectivity index (χ1v) is 8.62. The van der Waals surface area contributed by atoms with E-state index < -0.39 is 11.9 Å². The molecule has 1 N–H and O–H groups in total. The molecule has 0 spiro atoms. The molecule has 5 nitrogen and oxygen atoms in total. The Balaban J connectivity index is 0.00000300. The molecule has 1 heterocycles. The first-order valence-electron chi connectivity index (χ1n) is 8.62. The Morgan fingerprint density at radius 3 is 2.17 bits per heavy atom. The Hall–Kier alpha value is -2.71. The molecule has 0 fully saturated rings. The summed E-state index contributed by atoms with van der Waals surface area (Å²) >= 11 is 0. The van der Waals surface area contributed by atoms with Crippen LogP contribution in [0.5, 0.6) is 11.5 Å². The van der Waals surface area contributed by atoms with Gasteiger partial charge in [-0.3, -0.25) is 0 Å². The van der Waals surface area contributed by atoms with Crippen LogP contribution in [0.15, 0.2) is 54.6 Å². The number of methoxy groups -OCH3 is 1. The lowest BCUT2D eigenvalue weighted by Gasteiger charge is -2.10. The standard InChI is InChI=1S/C20H20F3N3O2.ClH/c1-24-11-12-28-17-7-3-14(4-8-17)18-13-19(20(21,22)23)25-26(18)15-5-9-16(27-2)10-6-15;/h3-10,13,24H,11-12H2,1-2H3;1H. The van der Waals surface area contributed by atoms with Crippen LogP contribution in [0.2, 0.25) is 0 Å². The van der Waals surface area contributed by atoms with Crippen molar-refractivity contribution < 1.29 is 22.6 Å². The van der Waals surface area contributed by atoms with Crippen LogP contribution in [0.3, 0.4) is 0 Å². The highest BCUT2D eigenvalue weighted by Gasteiger charge is 2.35. The second kappa shape index (κ2) is 9.67. The minimum atomic E-state index is -4.54. The Labute approximate surface area is 172 Å². The van der Waals surface area contributed by atoms with Crippen molar-refractivity contribution in [1.29, 1.82) is 0 Å². The van der Waals surface area contributed by atoms with Crippen molar-refractivity contribution in [3.8, 4) is 28.4 Å². The number of rotatable bonds is 7. The molecule has 0 unspecified atom stereocenters. The lowest BCUT2D eigenvalue weighted by atomic mass is 10.1. The normalized spacial score (nSPS) is 11.1. The molecular formula is C20H21ClF3N3O2. The van der Waals surface area contributed by atoms with Gasteiger partial charge in [-0.15, -0.1) is 12.4 Å². The average Bonchev–Trinajstić information content (AvgIpc) is 3.15. The van der Waals surface area contributed by atoms with Gasteiger partial charge in [0.2, 0.25) is 0 Å². The number of aromatic nitrogens is 2. The van der Waals surface area contributed by atoms with Crippen molar-refractivity contribution in [3.63, 3.8) is 0 Å². The summed E-state index contributed by atoms with van der Waals surface area (Å²) in [6, 6.07) is 14.6. The number of likely N-dealkylation sites (N-methyl/N-ethyl adjacent to an activating group) is 1. The van der Waals surface area contributed by atoms with Gasteiger partial charge in [-0.25, -0.2) is 4.68 Å². The minimum absolute atomic E-state index is 0. The van der Waals surface area contributed by atoms with Gasteiger partial charge in [-0.05, 0) is 61.6 Å². The van der Waals surface area contributed by atoms with Crippen LogP contribution in [0, 0.1) is 0 Å². The molecular weight excluding hydrogens is 407 g/mol. The molecule has 29 heavy (non-hydrogen) atoms. The molecule has 0 amide bonds. The summed E-state index contributed by atoms with van der Waals surface area (Å²) in [5.74, 6) is 1.25. The van der Waals surface area contributed by atoms with E-state index in [1.165, 1.54) is 11.8 Å². The fraction of sp³-hybridized carbons (Fsp3) is 0.250. The number of ether oxygens (including phenoxy) is 2. The summed E-state index contributed by atoms with van der Waals surface area (Å²) in [6.07, 6.45) is -4.54. The number of nitrogens with zero attached hydrogens (tertiary/aromatic N) is 2. The summed E-state index contributed by atoms with van der Waals surface area (Å²) in [4.78, 5) is 0. The maximum absolute atomic E-state index is 13.2. The maximum atomic E-state index is 13.2. The predicted octanol–water partition coefficient (Wildman–Crippen LogP) is 4.59. The highest BCUT2D eigenvalue weighted by molar-refractivity contribution is 5.85. The molecule has 0 bridgehead atoms. The lowest BCUT2D eigenvalue weighted by Crippen LogP contribution is -2.15. The molecule has 156 valence electrons. The topological polar surface area (TPSA) is 48.3 Å². The van der Waals surface area contributed by atoms with Gasteiger partial charge in [0.15, 0.2) is 5.69 Å². The lowest BCUT2D eigenvalue weighted by molar-refractivity contribution is -0.141. The van der Waals surface area contributed by atoms with Crippen molar-refractivity contribution in [2.24, 2.45) is 0 Å². The Kier molecular flexibility index (Phi) is 7.53. The highest BCUT2D eigenvalue weighted by atomic mass is 35.5. The van der Waals surface area contributed by atoms with Crippen molar-refractivity contribution in [1.82, 2.24) is 15.1 Å². The van der Waals surface area contributed by atoms with E-state index in [4.69, 9.17) is 9.47 Å². The number of alkyl halides is 3. The van der Waals surface area contributed by atoms with Gasteiger partial charge in [0.05, 0.1) is 18.5 Å². The summed E-state index contributed by atoms with van der Waals surface area (Å²) < 4.78 is 51.7. The van der Waals surface area contributed by atoms with Crippen LogP contribution >= 0.6 is 12.4 Å². The van der Waals surface area contributed by atoms with Crippen LogP contribution in [0.25, 0.3) is 16.9 Å². The third-order valence-corrected chi connectivity index (χ3v) is 4.09. The largest absolute Gasteiger partial charge is 0.497 e. The van der Waals surface area contributed by atoms with Crippen LogP contribution in [0.1, 0.15) is 5.69 Å². The van der Waals surface area contributed by atoms with Gasteiger partial charge in [0.1, 0.15) is 18.1 Å². The molecule has 3 aromatic rings. The summed E-state index contributed by atoms with van der Waals surface area (Å²) in [6.45, 7) is 1.19. The number of hydrogen-bond acceptors (Lipinski definition) is 4. The smallest absolute Gasteiger partial charge is 0.435 e. The summed E-state index contributed by atoms with van der Waals surface area (Å²) in [7, 11) is 3.35. The zero-order valence-corrected chi connectivity index (χ0v) is 16.7. The van der Waals surface area contributed by atoms with Crippen molar-refractivity contribution >= 4 is 12.4 Å². The van der Waals surface area contributed by atoms with Gasteiger partial charge in [-0.2, -0.15) is 18.3 Å². The molecule has 3 rings (SSSR count). The summed E-state index contributed by atoms with van der Waals surface area (Å²) in [5.41, 5.74) is 0.479. The van der Waals surface area contributed by atoms with Crippen LogP contribution in [-0.4, -0.2) is 37.1 Å². The van der Waals surface area contributed by atoms with E-state index in [1.807, 2.05) is 7.05 Å². The number of nitrogens with one attached hydrogen (secondary N) is 1. The van der Waals surface area contributed by atoms with Gasteiger partial charge in [0.25, 0.3) is 0 Å². The first-order chi connectivity index (χ1) is 13.4. The molecule has 0 saturated heterocycles. The van der Waals surface area contributed by atoms with Crippen molar-refractivity contribution in [3.05, 3.63) is 60.3 Å². The number of halogens is 4. The van der Waals surface area contributed by atoms with E-state index in [9.17, 15) is 13.2 Å². The maximum Gasteiger partial charge on any atom is 0.435 e. The number of benzene rings is 2. The van der Waals surface area contributed by atoms with E-state index in [2.05, 4.69) is 10.4 Å². The third kappa shape index (κ3) is 5.42. The zero-order valence-electron chi connectivity index (χ0n) is 15.9. The molecule has 0 radical (unpaired) electrons. The summed E-state index contributed by atoms with van der Waals surface area (Å²) in [5, 5.41) is 6.75. The zero-order chi connectivity index (χ0) is 20.1. The highest BCUT2D eigenvalue weighted by Crippen LogP contribution is 2.34. The second-order valence-electron chi connectivity index (χ2n) is 6.00. The SMILES string of the molecule is CNCCOc1ccc(-c2cc(C(F)(F)F)nn2-c2ccc(OC)cc2)cc1.Cl. The monoisotopic (exact) mass is 427 g/mol. The fourth-order valence-corrected chi connectivity index (χ4v) is 2.64. The Bertz CT molecular complexity index is 910. The molecule has 0 aliphatic heterocycles. The predicted molar refractivity (Wildman–Crippen MR) is 107 cm³/mol. The third-order valence-electron chi connectivity index (χ3n) is 4.09. The second-order valence-corrected chi connectivity index (χ2v) is 6.00. The van der Waals surface area contributed by atoms with Crippen LogP contribution in [-0.2, 0) is 6.18 Å². The van der Waals surface area contributed by atoms with Gasteiger partial charge in [-0.1, -0.05) is 0 Å². The van der Waals surface area contributed by atoms with Gasteiger partial charge >= 0.3 is 6.18 Å². The number of hydrogen-bond donors (Lipinski definition) is 1. The van der Waals surface area contributed by atoms with E-state index in [0.717, 1.165) is 6.07 Å². The van der Waals surface area contributed by atoms with Crippen LogP contribution < -0.4 is 14.8 Å². The Morgan fingerprint density at radius 2 is 1.62 bits per heavy atom. The van der Waals surface area contributed by atoms with E-state index >= 15 is 0 Å².